The van der Waals surface area contributed by atoms with Gasteiger partial charge in [-0.15, -0.1) is 0 Å². The molecule has 25 heavy (non-hydrogen) atoms. The Morgan fingerprint density at radius 3 is 2.60 bits per heavy atom. The topological polar surface area (TPSA) is 27.1 Å². The Labute approximate surface area is 162 Å². The van der Waals surface area contributed by atoms with Crippen LogP contribution in [0.1, 0.15) is 22.8 Å². The molecule has 0 N–H and O–H groups in total. The summed E-state index contributed by atoms with van der Waals surface area (Å²) in [5.74, 6) is 0. The van der Waals surface area contributed by atoms with E-state index in [1.54, 1.807) is 18.6 Å². The van der Waals surface area contributed by atoms with Gasteiger partial charge in [-0.3, -0.25) is 0 Å². The van der Waals surface area contributed by atoms with Gasteiger partial charge in [0.2, 0.25) is 0 Å². The molecule has 0 fully saturated rings. The molecule has 0 spiro atoms. The largest absolute Gasteiger partial charge is 0.367 e. The quantitative estimate of drug-likeness (QED) is 0.503. The lowest BCUT2D eigenvalue weighted by molar-refractivity contribution is 0.0281. The van der Waals surface area contributed by atoms with E-state index in [4.69, 9.17) is 39.5 Å². The van der Waals surface area contributed by atoms with Gasteiger partial charge in [0.05, 0.1) is 19.5 Å². The first-order chi connectivity index (χ1) is 12.0. The van der Waals surface area contributed by atoms with Crippen LogP contribution in [0.15, 0.2) is 55.1 Å². The van der Waals surface area contributed by atoms with Crippen molar-refractivity contribution in [1.82, 2.24) is 9.55 Å². The number of nitrogens with zero attached hydrogens (tertiary/aromatic N) is 2. The molecule has 3 nitrogen and oxygen atoms in total. The van der Waals surface area contributed by atoms with E-state index in [0.29, 0.717) is 28.2 Å². The standard InChI is InChI=1S/C19H17Cl3N2O/c1-13-2-3-14(17(21)8-13)11-25-19(10-24-7-6-23-12-24)16-5-4-15(20)9-18(16)22/h2-9,12,19H,10-11H2,1H3/t19-/m1/s1. The minimum absolute atomic E-state index is 0.253. The molecule has 0 amide bonds. The normalized spacial score (nSPS) is 12.3. The van der Waals surface area contributed by atoms with E-state index in [9.17, 15) is 0 Å². The molecule has 130 valence electrons. The lowest BCUT2D eigenvalue weighted by atomic mass is 10.1. The second kappa shape index (κ2) is 8.24. The number of rotatable bonds is 6. The van der Waals surface area contributed by atoms with Crippen LogP contribution in [-0.2, 0) is 17.9 Å². The van der Waals surface area contributed by atoms with Gasteiger partial charge in [0.25, 0.3) is 0 Å². The monoisotopic (exact) mass is 394 g/mol. The summed E-state index contributed by atoms with van der Waals surface area (Å²) in [5.41, 5.74) is 2.93. The average Bonchev–Trinajstić information content (AvgIpc) is 3.06. The van der Waals surface area contributed by atoms with E-state index in [-0.39, 0.29) is 6.10 Å². The van der Waals surface area contributed by atoms with Gasteiger partial charge in [0.1, 0.15) is 6.10 Å². The first kappa shape index (κ1) is 18.3. The summed E-state index contributed by atoms with van der Waals surface area (Å²) in [6.45, 7) is 2.98. The summed E-state index contributed by atoms with van der Waals surface area (Å²) in [7, 11) is 0. The fourth-order valence-electron chi connectivity index (χ4n) is 2.55. The van der Waals surface area contributed by atoms with Crippen molar-refractivity contribution in [3.8, 4) is 0 Å². The molecule has 1 aromatic heterocycles. The van der Waals surface area contributed by atoms with Crippen molar-refractivity contribution in [3.63, 3.8) is 0 Å². The molecule has 0 aliphatic heterocycles. The number of benzene rings is 2. The van der Waals surface area contributed by atoms with E-state index in [1.807, 2.05) is 48.0 Å². The van der Waals surface area contributed by atoms with Gasteiger partial charge in [-0.1, -0.05) is 53.0 Å². The summed E-state index contributed by atoms with van der Waals surface area (Å²) >= 11 is 18.7. The highest BCUT2D eigenvalue weighted by molar-refractivity contribution is 6.35. The molecular formula is C19H17Cl3N2O. The molecule has 0 aliphatic rings. The molecule has 1 heterocycles. The van der Waals surface area contributed by atoms with Gasteiger partial charge in [0, 0.05) is 33.0 Å². The lowest BCUT2D eigenvalue weighted by Gasteiger charge is -2.21. The fraction of sp³-hybridized carbons (Fsp3) is 0.211. The molecular weight excluding hydrogens is 379 g/mol. The number of aromatic nitrogens is 2. The first-order valence-corrected chi connectivity index (χ1v) is 8.93. The lowest BCUT2D eigenvalue weighted by Crippen LogP contribution is -2.12. The van der Waals surface area contributed by atoms with Crippen molar-refractivity contribution in [2.75, 3.05) is 0 Å². The highest BCUT2D eigenvalue weighted by Gasteiger charge is 2.17. The molecule has 1 atom stereocenters. The third-order valence-electron chi connectivity index (χ3n) is 3.89. The zero-order valence-electron chi connectivity index (χ0n) is 13.6. The van der Waals surface area contributed by atoms with Crippen LogP contribution in [0.4, 0.5) is 0 Å². The zero-order valence-corrected chi connectivity index (χ0v) is 15.9. The Bertz CT molecular complexity index is 850. The van der Waals surface area contributed by atoms with Crippen LogP contribution >= 0.6 is 34.8 Å². The zero-order chi connectivity index (χ0) is 17.8. The maximum Gasteiger partial charge on any atom is 0.102 e. The van der Waals surface area contributed by atoms with E-state index < -0.39 is 0 Å². The third-order valence-corrected chi connectivity index (χ3v) is 4.81. The summed E-state index contributed by atoms with van der Waals surface area (Å²) in [6.07, 6.45) is 5.12. The number of halogens is 3. The van der Waals surface area contributed by atoms with Gasteiger partial charge in [-0.2, -0.15) is 0 Å². The Morgan fingerprint density at radius 1 is 1.08 bits per heavy atom. The number of imidazole rings is 1. The number of aryl methyl sites for hydroxylation is 1. The summed E-state index contributed by atoms with van der Waals surface area (Å²) in [6, 6.07) is 11.4. The van der Waals surface area contributed by atoms with Crippen molar-refractivity contribution < 1.29 is 4.74 Å². The number of ether oxygens (including phenoxy) is 1. The molecule has 0 radical (unpaired) electrons. The summed E-state index contributed by atoms with van der Waals surface area (Å²) in [5, 5.41) is 1.87. The predicted molar refractivity (Wildman–Crippen MR) is 102 cm³/mol. The second-order valence-corrected chi connectivity index (χ2v) is 7.07. The van der Waals surface area contributed by atoms with Crippen LogP contribution < -0.4 is 0 Å². The van der Waals surface area contributed by atoms with Crippen molar-refractivity contribution in [3.05, 3.63) is 86.9 Å². The maximum absolute atomic E-state index is 6.38. The fourth-order valence-corrected chi connectivity index (χ4v) is 3.37. The van der Waals surface area contributed by atoms with Crippen LogP contribution in [0, 0.1) is 6.92 Å². The molecule has 0 saturated carbocycles. The molecule has 0 unspecified atom stereocenters. The van der Waals surface area contributed by atoms with Crippen molar-refractivity contribution >= 4 is 34.8 Å². The molecule has 3 aromatic rings. The van der Waals surface area contributed by atoms with E-state index in [0.717, 1.165) is 16.7 Å². The molecule has 2 aromatic carbocycles. The molecule has 0 bridgehead atoms. The van der Waals surface area contributed by atoms with Crippen LogP contribution in [0.25, 0.3) is 0 Å². The summed E-state index contributed by atoms with van der Waals surface area (Å²) < 4.78 is 8.12. The van der Waals surface area contributed by atoms with Gasteiger partial charge in [0.15, 0.2) is 0 Å². The van der Waals surface area contributed by atoms with Gasteiger partial charge >= 0.3 is 0 Å². The number of hydrogen-bond acceptors (Lipinski definition) is 2. The van der Waals surface area contributed by atoms with Crippen LogP contribution in [0.2, 0.25) is 15.1 Å². The highest BCUT2D eigenvalue weighted by atomic mass is 35.5. The predicted octanol–water partition coefficient (Wildman–Crippen LogP) is 6.11. The SMILES string of the molecule is Cc1ccc(CO[C@H](Cn2ccnc2)c2ccc(Cl)cc2Cl)c(Cl)c1. The van der Waals surface area contributed by atoms with Crippen LogP contribution in [0.3, 0.4) is 0 Å². The van der Waals surface area contributed by atoms with Gasteiger partial charge in [-0.05, 0) is 36.2 Å². The highest BCUT2D eigenvalue weighted by Crippen LogP contribution is 2.31. The van der Waals surface area contributed by atoms with Gasteiger partial charge < -0.3 is 9.30 Å². The summed E-state index contributed by atoms with van der Waals surface area (Å²) in [4.78, 5) is 4.08. The minimum Gasteiger partial charge on any atom is -0.367 e. The van der Waals surface area contributed by atoms with Gasteiger partial charge in [-0.25, -0.2) is 4.98 Å². The molecule has 0 aliphatic carbocycles. The Hall–Kier alpha value is -1.52. The maximum atomic E-state index is 6.38. The van der Waals surface area contributed by atoms with Crippen molar-refractivity contribution in [2.45, 2.75) is 26.2 Å². The molecule has 6 heteroatoms. The van der Waals surface area contributed by atoms with E-state index in [2.05, 4.69) is 4.98 Å². The van der Waals surface area contributed by atoms with Crippen molar-refractivity contribution in [1.29, 1.82) is 0 Å². The van der Waals surface area contributed by atoms with Crippen molar-refractivity contribution in [2.24, 2.45) is 0 Å². The Kier molecular flexibility index (Phi) is 6.02. The second-order valence-electron chi connectivity index (χ2n) is 5.82. The van der Waals surface area contributed by atoms with E-state index in [1.165, 1.54) is 0 Å². The number of hydrogen-bond donors (Lipinski definition) is 0. The van der Waals surface area contributed by atoms with Crippen LogP contribution in [0.5, 0.6) is 0 Å². The molecule has 0 saturated heterocycles. The average molecular weight is 396 g/mol. The molecule has 3 rings (SSSR count). The third kappa shape index (κ3) is 4.77. The first-order valence-electron chi connectivity index (χ1n) is 7.80. The Balaban J connectivity index is 1.83. The Morgan fingerprint density at radius 2 is 1.92 bits per heavy atom. The van der Waals surface area contributed by atoms with Crippen LogP contribution in [-0.4, -0.2) is 9.55 Å². The van der Waals surface area contributed by atoms with E-state index >= 15 is 0 Å². The minimum atomic E-state index is -0.253. The smallest absolute Gasteiger partial charge is 0.102 e.